The highest BCUT2D eigenvalue weighted by Gasteiger charge is 1.98. The van der Waals surface area contributed by atoms with Crippen molar-refractivity contribution in [2.45, 2.75) is 20.3 Å². The molecule has 0 aromatic heterocycles. The van der Waals surface area contributed by atoms with E-state index >= 15 is 0 Å². The number of hydrogen-bond donors (Lipinski definition) is 2. The second-order valence-electron chi connectivity index (χ2n) is 3.32. The first-order chi connectivity index (χ1) is 6.25. The van der Waals surface area contributed by atoms with E-state index in [0.29, 0.717) is 0 Å². The van der Waals surface area contributed by atoms with Gasteiger partial charge in [-0.15, -0.1) is 0 Å². The fourth-order valence-corrected chi connectivity index (χ4v) is 1.27. The quantitative estimate of drug-likeness (QED) is 0.693. The molecule has 0 unspecified atom stereocenters. The summed E-state index contributed by atoms with van der Waals surface area (Å²) in [5.41, 5.74) is 9.31. The molecule has 72 valence electrons. The van der Waals surface area contributed by atoms with E-state index in [2.05, 4.69) is 37.4 Å². The van der Waals surface area contributed by atoms with Gasteiger partial charge in [-0.2, -0.15) is 0 Å². The average molecular weight is 178 g/mol. The Morgan fingerprint density at radius 1 is 1.31 bits per heavy atom. The van der Waals surface area contributed by atoms with Gasteiger partial charge in [-0.25, -0.2) is 0 Å². The van der Waals surface area contributed by atoms with E-state index in [1.165, 1.54) is 16.8 Å². The first kappa shape index (κ1) is 10.1. The van der Waals surface area contributed by atoms with E-state index in [0.717, 1.165) is 19.5 Å². The first-order valence-corrected chi connectivity index (χ1v) is 4.76. The third-order valence-corrected chi connectivity index (χ3v) is 2.30. The number of aryl methyl sites for hydroxylation is 1. The van der Waals surface area contributed by atoms with E-state index in [9.17, 15) is 0 Å². The number of benzene rings is 1. The molecule has 0 amide bonds. The van der Waals surface area contributed by atoms with E-state index in [1.54, 1.807) is 0 Å². The maximum atomic E-state index is 5.42. The highest BCUT2D eigenvalue weighted by atomic mass is 14.9. The summed E-state index contributed by atoms with van der Waals surface area (Å²) in [5, 5.41) is 3.37. The van der Waals surface area contributed by atoms with Gasteiger partial charge in [0.15, 0.2) is 0 Å². The maximum absolute atomic E-state index is 5.42. The van der Waals surface area contributed by atoms with Crippen LogP contribution in [0.2, 0.25) is 0 Å². The molecule has 2 heteroatoms. The third kappa shape index (κ3) is 2.74. The smallest absolute Gasteiger partial charge is 0.0372 e. The van der Waals surface area contributed by atoms with Crippen molar-refractivity contribution in [2.24, 2.45) is 5.73 Å². The minimum absolute atomic E-state index is 0.748. The SMILES string of the molecule is Cc1cccc(NCCCN)c1C. The molecule has 1 aromatic rings. The normalized spacial score (nSPS) is 10.1. The van der Waals surface area contributed by atoms with Crippen LogP contribution in [0.4, 0.5) is 5.69 Å². The van der Waals surface area contributed by atoms with Crippen LogP contribution in [0.5, 0.6) is 0 Å². The van der Waals surface area contributed by atoms with E-state index in [-0.39, 0.29) is 0 Å². The largest absolute Gasteiger partial charge is 0.385 e. The van der Waals surface area contributed by atoms with Crippen LogP contribution in [0.1, 0.15) is 17.5 Å². The summed E-state index contributed by atoms with van der Waals surface area (Å²) < 4.78 is 0. The Bertz CT molecular complexity index is 269. The Kier molecular flexibility index (Phi) is 3.77. The molecule has 1 rings (SSSR count). The molecule has 3 N–H and O–H groups in total. The van der Waals surface area contributed by atoms with Crippen LogP contribution < -0.4 is 11.1 Å². The van der Waals surface area contributed by atoms with E-state index in [4.69, 9.17) is 5.73 Å². The predicted molar refractivity (Wildman–Crippen MR) is 58.1 cm³/mol. The van der Waals surface area contributed by atoms with Crippen LogP contribution in [0.25, 0.3) is 0 Å². The standard InChI is InChI=1S/C11H18N2/c1-9-5-3-6-11(10(9)2)13-8-4-7-12/h3,5-6,13H,4,7-8,12H2,1-2H3. The molecular weight excluding hydrogens is 160 g/mol. The number of anilines is 1. The van der Waals surface area contributed by atoms with Crippen molar-refractivity contribution in [1.29, 1.82) is 0 Å². The molecule has 0 radical (unpaired) electrons. The summed E-state index contributed by atoms with van der Waals surface area (Å²) in [6.45, 7) is 5.97. The molecule has 0 saturated heterocycles. The number of nitrogens with two attached hydrogens (primary N) is 1. The molecule has 0 spiro atoms. The monoisotopic (exact) mass is 178 g/mol. The van der Waals surface area contributed by atoms with Crippen LogP contribution in [0.15, 0.2) is 18.2 Å². The summed E-state index contributed by atoms with van der Waals surface area (Å²) in [6.07, 6.45) is 1.02. The van der Waals surface area contributed by atoms with Crippen molar-refractivity contribution in [3.63, 3.8) is 0 Å². The van der Waals surface area contributed by atoms with Gasteiger partial charge in [0.2, 0.25) is 0 Å². The molecule has 0 aliphatic carbocycles. The van der Waals surface area contributed by atoms with Crippen molar-refractivity contribution in [2.75, 3.05) is 18.4 Å². The summed E-state index contributed by atoms with van der Waals surface area (Å²) >= 11 is 0. The molecule has 1 aromatic carbocycles. The van der Waals surface area contributed by atoms with Crippen LogP contribution in [0.3, 0.4) is 0 Å². The van der Waals surface area contributed by atoms with Gasteiger partial charge in [-0.1, -0.05) is 12.1 Å². The van der Waals surface area contributed by atoms with Gasteiger partial charge < -0.3 is 11.1 Å². The molecule has 2 nitrogen and oxygen atoms in total. The highest BCUT2D eigenvalue weighted by Crippen LogP contribution is 2.17. The predicted octanol–water partition coefficient (Wildman–Crippen LogP) is 2.06. The Morgan fingerprint density at radius 3 is 2.77 bits per heavy atom. The Balaban J connectivity index is 2.61. The van der Waals surface area contributed by atoms with Crippen LogP contribution in [-0.4, -0.2) is 13.1 Å². The van der Waals surface area contributed by atoms with Crippen molar-refractivity contribution in [1.82, 2.24) is 0 Å². The van der Waals surface area contributed by atoms with Crippen molar-refractivity contribution >= 4 is 5.69 Å². The summed E-state index contributed by atoms with van der Waals surface area (Å²) in [5.74, 6) is 0. The molecular formula is C11H18N2. The average Bonchev–Trinajstić information content (AvgIpc) is 2.13. The summed E-state index contributed by atoms with van der Waals surface area (Å²) in [7, 11) is 0. The van der Waals surface area contributed by atoms with Gasteiger partial charge in [0, 0.05) is 12.2 Å². The summed E-state index contributed by atoms with van der Waals surface area (Å²) in [6, 6.07) is 6.31. The molecule has 0 heterocycles. The van der Waals surface area contributed by atoms with Gasteiger partial charge in [-0.3, -0.25) is 0 Å². The second kappa shape index (κ2) is 4.87. The lowest BCUT2D eigenvalue weighted by Crippen LogP contribution is -2.09. The summed E-state index contributed by atoms with van der Waals surface area (Å²) in [4.78, 5) is 0. The minimum Gasteiger partial charge on any atom is -0.385 e. The Hall–Kier alpha value is -1.02. The van der Waals surface area contributed by atoms with Gasteiger partial charge in [0.1, 0.15) is 0 Å². The molecule has 0 aliphatic heterocycles. The van der Waals surface area contributed by atoms with Gasteiger partial charge in [-0.05, 0) is 44.0 Å². The first-order valence-electron chi connectivity index (χ1n) is 4.76. The highest BCUT2D eigenvalue weighted by molar-refractivity contribution is 5.53. The number of rotatable bonds is 4. The van der Waals surface area contributed by atoms with Crippen LogP contribution in [0, 0.1) is 13.8 Å². The van der Waals surface area contributed by atoms with E-state index < -0.39 is 0 Å². The molecule has 13 heavy (non-hydrogen) atoms. The topological polar surface area (TPSA) is 38.0 Å². The van der Waals surface area contributed by atoms with Crippen molar-refractivity contribution < 1.29 is 0 Å². The van der Waals surface area contributed by atoms with E-state index in [1.807, 2.05) is 0 Å². The Labute approximate surface area is 80.1 Å². The van der Waals surface area contributed by atoms with Crippen molar-refractivity contribution in [3.05, 3.63) is 29.3 Å². The lowest BCUT2D eigenvalue weighted by molar-refractivity contribution is 0.873. The van der Waals surface area contributed by atoms with Crippen LogP contribution >= 0.6 is 0 Å². The molecule has 0 atom stereocenters. The minimum atomic E-state index is 0.748. The lowest BCUT2D eigenvalue weighted by Gasteiger charge is -2.10. The van der Waals surface area contributed by atoms with Crippen LogP contribution in [-0.2, 0) is 0 Å². The molecule has 0 aliphatic rings. The second-order valence-corrected chi connectivity index (χ2v) is 3.32. The molecule has 0 fully saturated rings. The Morgan fingerprint density at radius 2 is 2.08 bits per heavy atom. The molecule has 0 bridgehead atoms. The zero-order valence-corrected chi connectivity index (χ0v) is 8.43. The van der Waals surface area contributed by atoms with Crippen molar-refractivity contribution in [3.8, 4) is 0 Å². The fraction of sp³-hybridized carbons (Fsp3) is 0.455. The number of hydrogen-bond acceptors (Lipinski definition) is 2. The van der Waals surface area contributed by atoms with Gasteiger partial charge in [0.25, 0.3) is 0 Å². The zero-order valence-electron chi connectivity index (χ0n) is 8.43. The number of nitrogens with one attached hydrogen (secondary N) is 1. The maximum Gasteiger partial charge on any atom is 0.0372 e. The third-order valence-electron chi connectivity index (χ3n) is 2.30. The lowest BCUT2D eigenvalue weighted by atomic mass is 10.1. The fourth-order valence-electron chi connectivity index (χ4n) is 1.27. The van der Waals surface area contributed by atoms with Gasteiger partial charge >= 0.3 is 0 Å². The van der Waals surface area contributed by atoms with Gasteiger partial charge in [0.05, 0.1) is 0 Å². The zero-order chi connectivity index (χ0) is 9.68. The molecule has 0 saturated carbocycles.